The average molecular weight is 662 g/mol. The molecule has 1 aromatic heterocycles. The lowest BCUT2D eigenvalue weighted by Gasteiger charge is -2.18. The number of halogens is 1. The molecule has 0 bridgehead atoms. The SMILES string of the molecule is CCCCSCC(COCc1ccccc1)OC(=O)CSc1nc(-c2ccc(Br)cc2)cc(-c2ccccc2)c1C#N. The van der Waals surface area contributed by atoms with Crippen molar-refractivity contribution in [3.8, 4) is 28.5 Å². The highest BCUT2D eigenvalue weighted by atomic mass is 79.9. The molecule has 1 heterocycles. The number of hydrogen-bond donors (Lipinski definition) is 0. The van der Waals surface area contributed by atoms with Gasteiger partial charge in [-0.3, -0.25) is 4.79 Å². The molecule has 3 aromatic carbocycles. The topological polar surface area (TPSA) is 72.2 Å². The van der Waals surface area contributed by atoms with Crippen molar-refractivity contribution in [3.05, 3.63) is 107 Å². The fourth-order valence-electron chi connectivity index (χ4n) is 4.16. The van der Waals surface area contributed by atoms with Crippen molar-refractivity contribution in [2.45, 2.75) is 37.5 Å². The van der Waals surface area contributed by atoms with Crippen LogP contribution in [0.3, 0.4) is 0 Å². The van der Waals surface area contributed by atoms with E-state index in [1.807, 2.05) is 91.0 Å². The predicted octanol–water partition coefficient (Wildman–Crippen LogP) is 8.80. The molecule has 8 heteroatoms. The van der Waals surface area contributed by atoms with Gasteiger partial charge in [-0.25, -0.2) is 4.98 Å². The van der Waals surface area contributed by atoms with Crippen molar-refractivity contribution < 1.29 is 14.3 Å². The molecule has 0 aliphatic rings. The first kappa shape index (κ1) is 31.8. The molecule has 0 radical (unpaired) electrons. The van der Waals surface area contributed by atoms with Gasteiger partial charge in [0, 0.05) is 21.4 Å². The van der Waals surface area contributed by atoms with Gasteiger partial charge >= 0.3 is 5.97 Å². The van der Waals surface area contributed by atoms with E-state index in [1.165, 1.54) is 11.8 Å². The van der Waals surface area contributed by atoms with E-state index in [0.29, 0.717) is 29.6 Å². The van der Waals surface area contributed by atoms with E-state index in [0.717, 1.165) is 51.0 Å². The summed E-state index contributed by atoms with van der Waals surface area (Å²) < 4.78 is 12.8. The number of nitriles is 1. The highest BCUT2D eigenvalue weighted by Crippen LogP contribution is 2.34. The Morgan fingerprint density at radius 1 is 1.00 bits per heavy atom. The van der Waals surface area contributed by atoms with Gasteiger partial charge in [-0.05, 0) is 41.5 Å². The van der Waals surface area contributed by atoms with Crippen LogP contribution in [0.4, 0.5) is 0 Å². The van der Waals surface area contributed by atoms with E-state index >= 15 is 0 Å². The second-order valence-electron chi connectivity index (χ2n) is 9.55. The van der Waals surface area contributed by atoms with Gasteiger partial charge in [0.2, 0.25) is 0 Å². The van der Waals surface area contributed by atoms with Gasteiger partial charge < -0.3 is 9.47 Å². The number of carbonyl (C=O) groups is 1. The van der Waals surface area contributed by atoms with E-state index in [-0.39, 0.29) is 17.8 Å². The molecule has 0 saturated carbocycles. The smallest absolute Gasteiger partial charge is 0.316 e. The minimum atomic E-state index is -0.360. The predicted molar refractivity (Wildman–Crippen MR) is 176 cm³/mol. The first-order chi connectivity index (χ1) is 20.6. The van der Waals surface area contributed by atoms with E-state index in [1.54, 1.807) is 11.8 Å². The minimum absolute atomic E-state index is 0.0362. The van der Waals surface area contributed by atoms with Crippen LogP contribution in [0.2, 0.25) is 0 Å². The highest BCUT2D eigenvalue weighted by Gasteiger charge is 2.20. The summed E-state index contributed by atoms with van der Waals surface area (Å²) in [6.07, 6.45) is 1.88. The molecular formula is C34H33BrN2O3S2. The molecule has 0 amide bonds. The summed E-state index contributed by atoms with van der Waals surface area (Å²) in [5, 5.41) is 10.7. The number of thioether (sulfide) groups is 2. The Bertz CT molecular complexity index is 1460. The molecule has 42 heavy (non-hydrogen) atoms. The summed E-state index contributed by atoms with van der Waals surface area (Å²) in [5.74, 6) is 1.36. The van der Waals surface area contributed by atoms with Crippen LogP contribution < -0.4 is 0 Å². The van der Waals surface area contributed by atoms with Gasteiger partial charge in [0.15, 0.2) is 0 Å². The van der Waals surface area contributed by atoms with Crippen LogP contribution in [0.1, 0.15) is 30.9 Å². The molecule has 0 saturated heterocycles. The molecule has 1 unspecified atom stereocenters. The number of pyridine rings is 1. The number of unbranched alkanes of at least 4 members (excludes halogenated alkanes) is 1. The van der Waals surface area contributed by atoms with Crippen LogP contribution in [0.25, 0.3) is 22.4 Å². The van der Waals surface area contributed by atoms with Gasteiger partial charge in [-0.2, -0.15) is 17.0 Å². The van der Waals surface area contributed by atoms with Crippen LogP contribution in [0, 0.1) is 11.3 Å². The summed E-state index contributed by atoms with van der Waals surface area (Å²) in [6.45, 7) is 2.95. The van der Waals surface area contributed by atoms with E-state index in [2.05, 4.69) is 28.9 Å². The third kappa shape index (κ3) is 9.74. The molecule has 4 aromatic rings. The zero-order valence-electron chi connectivity index (χ0n) is 23.5. The standard InChI is InChI=1S/C34H33BrN2O3S2/c1-2-3-18-41-23-29(22-39-21-25-10-6-4-7-11-25)40-33(38)24-42-34-31(20-36)30(26-12-8-5-9-13-26)19-32(37-34)27-14-16-28(35)17-15-27/h4-17,19,29H,2-3,18,21-24H2,1H3. The average Bonchev–Trinajstić information content (AvgIpc) is 3.02. The van der Waals surface area contributed by atoms with Crippen molar-refractivity contribution in [3.63, 3.8) is 0 Å². The number of ether oxygens (including phenoxy) is 2. The third-order valence-corrected chi connectivity index (χ3v) is 8.97. The van der Waals surface area contributed by atoms with Crippen molar-refractivity contribution in [1.29, 1.82) is 5.26 Å². The van der Waals surface area contributed by atoms with Gasteiger partial charge in [0.05, 0.1) is 30.2 Å². The van der Waals surface area contributed by atoms with Crippen molar-refractivity contribution in [2.75, 3.05) is 23.9 Å². The van der Waals surface area contributed by atoms with Gasteiger partial charge in [-0.15, -0.1) is 0 Å². The minimum Gasteiger partial charge on any atom is -0.458 e. The highest BCUT2D eigenvalue weighted by molar-refractivity contribution is 9.10. The Kier molecular flexibility index (Phi) is 13.0. The van der Waals surface area contributed by atoms with Gasteiger partial charge in [0.25, 0.3) is 0 Å². The molecule has 5 nitrogen and oxygen atoms in total. The third-order valence-electron chi connectivity index (χ3n) is 6.31. The monoisotopic (exact) mass is 660 g/mol. The maximum absolute atomic E-state index is 13.1. The lowest BCUT2D eigenvalue weighted by Crippen LogP contribution is -2.27. The number of esters is 1. The number of hydrogen-bond acceptors (Lipinski definition) is 7. The van der Waals surface area contributed by atoms with Crippen molar-refractivity contribution >= 4 is 45.4 Å². The van der Waals surface area contributed by atoms with Crippen LogP contribution >= 0.6 is 39.5 Å². The first-order valence-electron chi connectivity index (χ1n) is 13.9. The maximum atomic E-state index is 13.1. The molecular weight excluding hydrogens is 628 g/mol. The summed E-state index contributed by atoms with van der Waals surface area (Å²) in [5.41, 5.74) is 4.87. The summed E-state index contributed by atoms with van der Waals surface area (Å²) in [7, 11) is 0. The lowest BCUT2D eigenvalue weighted by molar-refractivity contribution is -0.147. The Hall–Kier alpha value is -3.09. The van der Waals surface area contributed by atoms with Crippen molar-refractivity contribution in [1.82, 2.24) is 4.98 Å². The molecule has 4 rings (SSSR count). The number of benzene rings is 3. The molecule has 0 aliphatic heterocycles. The number of carbonyl (C=O) groups excluding carboxylic acids is 1. The van der Waals surface area contributed by atoms with E-state index in [4.69, 9.17) is 14.5 Å². The Morgan fingerprint density at radius 3 is 2.40 bits per heavy atom. The largest absolute Gasteiger partial charge is 0.458 e. The van der Waals surface area contributed by atoms with Crippen LogP contribution in [-0.4, -0.2) is 40.9 Å². The second kappa shape index (κ2) is 17.1. The zero-order valence-corrected chi connectivity index (χ0v) is 26.7. The molecule has 0 N–H and O–H groups in total. The van der Waals surface area contributed by atoms with Crippen LogP contribution in [0.5, 0.6) is 0 Å². The first-order valence-corrected chi connectivity index (χ1v) is 16.8. The second-order valence-corrected chi connectivity index (χ2v) is 12.6. The molecule has 1 atom stereocenters. The number of rotatable bonds is 15. The molecule has 216 valence electrons. The number of nitrogens with zero attached hydrogens (tertiary/aromatic N) is 2. The van der Waals surface area contributed by atoms with Gasteiger partial charge in [0.1, 0.15) is 17.2 Å². The lowest BCUT2D eigenvalue weighted by atomic mass is 9.99. The number of aromatic nitrogens is 1. The fourth-order valence-corrected chi connectivity index (χ4v) is 6.29. The van der Waals surface area contributed by atoms with Crippen molar-refractivity contribution in [2.24, 2.45) is 0 Å². The normalized spacial score (nSPS) is 11.5. The quantitative estimate of drug-likeness (QED) is 0.0717. The Balaban J connectivity index is 1.49. The van der Waals surface area contributed by atoms with E-state index in [9.17, 15) is 10.1 Å². The van der Waals surface area contributed by atoms with Crippen LogP contribution in [0.15, 0.2) is 100 Å². The fraction of sp³-hybridized carbons (Fsp3) is 0.265. The summed E-state index contributed by atoms with van der Waals surface area (Å²) >= 11 is 6.49. The summed E-state index contributed by atoms with van der Waals surface area (Å²) in [4.78, 5) is 17.9. The maximum Gasteiger partial charge on any atom is 0.316 e. The zero-order chi connectivity index (χ0) is 29.6. The van der Waals surface area contributed by atoms with E-state index < -0.39 is 0 Å². The molecule has 0 spiro atoms. The Labute approximate surface area is 265 Å². The molecule has 0 fully saturated rings. The molecule has 0 aliphatic carbocycles. The van der Waals surface area contributed by atoms with Crippen LogP contribution in [-0.2, 0) is 20.9 Å². The Morgan fingerprint density at radius 2 is 1.71 bits per heavy atom. The van der Waals surface area contributed by atoms with Gasteiger partial charge in [-0.1, -0.05) is 114 Å². The summed E-state index contributed by atoms with van der Waals surface area (Å²) in [6, 6.07) is 31.9.